The summed E-state index contributed by atoms with van der Waals surface area (Å²) in [5.41, 5.74) is 4.87. The van der Waals surface area contributed by atoms with Crippen molar-refractivity contribution in [2.24, 2.45) is 11.0 Å². The van der Waals surface area contributed by atoms with Crippen LogP contribution in [0, 0.1) is 5.92 Å². The second kappa shape index (κ2) is 1.81. The lowest BCUT2D eigenvalue weighted by molar-refractivity contribution is 0.548. The molecule has 2 nitrogen and oxygen atoms in total. The zero-order chi connectivity index (χ0) is 7.14. The molecule has 1 fully saturated rings. The molecule has 0 N–H and O–H groups in total. The predicted molar refractivity (Wildman–Crippen MR) is 36.1 cm³/mol. The maximum Gasteiger partial charge on any atom is 0.238 e. The first-order chi connectivity index (χ1) is 4.79. The molecule has 2 rings (SSSR count). The Morgan fingerprint density at radius 1 is 1.50 bits per heavy atom. The lowest BCUT2D eigenvalue weighted by Gasteiger charge is -1.94. The summed E-state index contributed by atoms with van der Waals surface area (Å²) < 4.78 is 12.7. The summed E-state index contributed by atoms with van der Waals surface area (Å²) >= 11 is 0. The molecule has 0 bridgehead atoms. The SMILES string of the molecule is CC1=N[N]C(F)=C1C1CC1. The van der Waals surface area contributed by atoms with Gasteiger partial charge in [-0.05, 0) is 25.7 Å². The van der Waals surface area contributed by atoms with Crippen LogP contribution in [-0.2, 0) is 0 Å². The van der Waals surface area contributed by atoms with Crippen LogP contribution in [0.4, 0.5) is 4.39 Å². The van der Waals surface area contributed by atoms with Gasteiger partial charge in [0.2, 0.25) is 5.95 Å². The summed E-state index contributed by atoms with van der Waals surface area (Å²) in [6.07, 6.45) is 2.20. The van der Waals surface area contributed by atoms with Crippen LogP contribution in [0.3, 0.4) is 0 Å². The molecule has 0 aromatic rings. The summed E-state index contributed by atoms with van der Waals surface area (Å²) in [6.45, 7) is 1.81. The van der Waals surface area contributed by atoms with Crippen LogP contribution in [0.1, 0.15) is 19.8 Å². The van der Waals surface area contributed by atoms with Crippen LogP contribution in [0.5, 0.6) is 0 Å². The smallest absolute Gasteiger partial charge is 0.183 e. The number of hydrogen-bond donors (Lipinski definition) is 0. The average molecular weight is 139 g/mol. The molecule has 1 aliphatic carbocycles. The van der Waals surface area contributed by atoms with Crippen molar-refractivity contribution in [2.45, 2.75) is 19.8 Å². The van der Waals surface area contributed by atoms with Crippen molar-refractivity contribution in [1.29, 1.82) is 0 Å². The Balaban J connectivity index is 2.28. The largest absolute Gasteiger partial charge is 0.238 e. The molecule has 1 heterocycles. The van der Waals surface area contributed by atoms with Crippen molar-refractivity contribution in [3.63, 3.8) is 0 Å². The highest BCUT2D eigenvalue weighted by atomic mass is 19.1. The van der Waals surface area contributed by atoms with E-state index in [4.69, 9.17) is 0 Å². The Kier molecular flexibility index (Phi) is 1.07. The standard InChI is InChI=1S/C7H8FN2/c1-4-6(5-2-3-5)7(8)10-9-4/h5H,2-3H2,1H3. The Labute approximate surface area is 58.8 Å². The fourth-order valence-corrected chi connectivity index (χ4v) is 1.21. The van der Waals surface area contributed by atoms with Gasteiger partial charge >= 0.3 is 0 Å². The first kappa shape index (κ1) is 5.89. The van der Waals surface area contributed by atoms with Crippen LogP contribution >= 0.6 is 0 Å². The van der Waals surface area contributed by atoms with Crippen molar-refractivity contribution in [2.75, 3.05) is 0 Å². The minimum Gasteiger partial charge on any atom is -0.183 e. The fraction of sp³-hybridized carbons (Fsp3) is 0.571. The van der Waals surface area contributed by atoms with Gasteiger partial charge in [-0.25, -0.2) is 0 Å². The molecule has 1 radical (unpaired) electrons. The summed E-state index contributed by atoms with van der Waals surface area (Å²) in [4.78, 5) is 0. The van der Waals surface area contributed by atoms with Gasteiger partial charge < -0.3 is 0 Å². The van der Waals surface area contributed by atoms with Gasteiger partial charge in [-0.2, -0.15) is 9.49 Å². The summed E-state index contributed by atoms with van der Waals surface area (Å²) in [5.74, 6) is 0.0648. The molecule has 10 heavy (non-hydrogen) atoms. The molecule has 0 aromatic carbocycles. The van der Waals surface area contributed by atoms with Crippen molar-refractivity contribution in [3.05, 3.63) is 11.5 Å². The third-order valence-electron chi connectivity index (χ3n) is 1.89. The van der Waals surface area contributed by atoms with E-state index >= 15 is 0 Å². The highest BCUT2D eigenvalue weighted by molar-refractivity contribution is 6.00. The van der Waals surface area contributed by atoms with Gasteiger partial charge in [0.25, 0.3) is 0 Å². The van der Waals surface area contributed by atoms with Crippen molar-refractivity contribution in [1.82, 2.24) is 5.43 Å². The normalized spacial score (nSPS) is 24.8. The number of rotatable bonds is 1. The molecular weight excluding hydrogens is 131 g/mol. The Bertz CT molecular complexity index is 226. The summed E-state index contributed by atoms with van der Waals surface area (Å²) in [6, 6.07) is 0. The molecule has 53 valence electrons. The molecule has 0 spiro atoms. The van der Waals surface area contributed by atoms with Crippen molar-refractivity contribution < 1.29 is 4.39 Å². The van der Waals surface area contributed by atoms with Crippen LogP contribution in [0.25, 0.3) is 0 Å². The zero-order valence-corrected chi connectivity index (χ0v) is 5.76. The van der Waals surface area contributed by atoms with Gasteiger partial charge in [-0.1, -0.05) is 0 Å². The molecule has 2 aliphatic rings. The first-order valence-electron chi connectivity index (χ1n) is 3.44. The van der Waals surface area contributed by atoms with Crippen molar-refractivity contribution >= 4 is 5.71 Å². The maximum absolute atomic E-state index is 12.7. The van der Waals surface area contributed by atoms with E-state index in [1.165, 1.54) is 0 Å². The highest BCUT2D eigenvalue weighted by Gasteiger charge is 2.33. The maximum atomic E-state index is 12.7. The zero-order valence-electron chi connectivity index (χ0n) is 5.76. The molecule has 1 saturated carbocycles. The van der Waals surface area contributed by atoms with Gasteiger partial charge in [0.1, 0.15) is 0 Å². The lowest BCUT2D eigenvalue weighted by Crippen LogP contribution is -1.95. The summed E-state index contributed by atoms with van der Waals surface area (Å²) in [5, 5.41) is 3.65. The van der Waals surface area contributed by atoms with E-state index in [0.29, 0.717) is 5.92 Å². The Morgan fingerprint density at radius 3 is 2.60 bits per heavy atom. The van der Waals surface area contributed by atoms with Crippen LogP contribution in [0.15, 0.2) is 16.6 Å². The Morgan fingerprint density at radius 2 is 2.20 bits per heavy atom. The van der Waals surface area contributed by atoms with Crippen molar-refractivity contribution in [3.8, 4) is 0 Å². The first-order valence-corrected chi connectivity index (χ1v) is 3.44. The monoisotopic (exact) mass is 139 g/mol. The minimum atomic E-state index is -0.361. The topological polar surface area (TPSA) is 26.5 Å². The molecule has 0 amide bonds. The van der Waals surface area contributed by atoms with Gasteiger partial charge in [0.15, 0.2) is 0 Å². The van der Waals surface area contributed by atoms with Gasteiger partial charge in [0.05, 0.1) is 5.71 Å². The molecular formula is C7H8FN2. The quantitative estimate of drug-likeness (QED) is 0.493. The van der Waals surface area contributed by atoms with E-state index in [2.05, 4.69) is 10.5 Å². The van der Waals surface area contributed by atoms with E-state index in [0.717, 1.165) is 24.1 Å². The van der Waals surface area contributed by atoms with Crippen LogP contribution in [-0.4, -0.2) is 5.71 Å². The minimum absolute atomic E-state index is 0.361. The van der Waals surface area contributed by atoms with E-state index in [-0.39, 0.29) is 5.95 Å². The third-order valence-corrected chi connectivity index (χ3v) is 1.89. The molecule has 1 aliphatic heterocycles. The second-order valence-electron chi connectivity index (χ2n) is 2.76. The van der Waals surface area contributed by atoms with E-state index < -0.39 is 0 Å². The highest BCUT2D eigenvalue weighted by Crippen LogP contribution is 2.40. The molecule has 0 atom stereocenters. The van der Waals surface area contributed by atoms with Gasteiger partial charge in [-0.3, -0.25) is 0 Å². The fourth-order valence-electron chi connectivity index (χ4n) is 1.21. The predicted octanol–water partition coefficient (Wildman–Crippen LogP) is 1.57. The average Bonchev–Trinajstić information content (AvgIpc) is 2.64. The van der Waals surface area contributed by atoms with E-state index in [1.54, 1.807) is 0 Å². The van der Waals surface area contributed by atoms with E-state index in [9.17, 15) is 4.39 Å². The molecule has 3 heteroatoms. The number of nitrogens with zero attached hydrogens (tertiary/aromatic N) is 2. The summed E-state index contributed by atoms with van der Waals surface area (Å²) in [7, 11) is 0. The lowest BCUT2D eigenvalue weighted by atomic mass is 10.1. The van der Waals surface area contributed by atoms with Gasteiger partial charge in [-0.15, -0.1) is 5.43 Å². The number of hydrogen-bond acceptors (Lipinski definition) is 1. The van der Waals surface area contributed by atoms with Crippen LogP contribution in [0.2, 0.25) is 0 Å². The second-order valence-corrected chi connectivity index (χ2v) is 2.76. The number of allylic oxidation sites excluding steroid dienone is 1. The molecule has 0 unspecified atom stereocenters. The molecule has 0 aromatic heterocycles. The van der Waals surface area contributed by atoms with E-state index in [1.807, 2.05) is 6.92 Å². The van der Waals surface area contributed by atoms with Gasteiger partial charge in [0, 0.05) is 5.57 Å². The Hall–Kier alpha value is -0.860. The third kappa shape index (κ3) is 0.735. The number of halogens is 1. The van der Waals surface area contributed by atoms with Crippen LogP contribution < -0.4 is 5.43 Å². The molecule has 0 saturated heterocycles.